The molecular formula is C15H15BrClN3OS. The molecule has 7 heteroatoms. The first kappa shape index (κ1) is 15.8. The average molecular weight is 401 g/mol. The van der Waals surface area contributed by atoms with Crippen LogP contribution in [0.1, 0.15) is 16.3 Å². The monoisotopic (exact) mass is 399 g/mol. The van der Waals surface area contributed by atoms with Crippen LogP contribution < -0.4 is 5.32 Å². The van der Waals surface area contributed by atoms with Gasteiger partial charge in [0.05, 0.1) is 10.0 Å². The summed E-state index contributed by atoms with van der Waals surface area (Å²) < 4.78 is 7.23. The fourth-order valence-corrected chi connectivity index (χ4v) is 3.76. The van der Waals surface area contributed by atoms with Crippen LogP contribution in [0.3, 0.4) is 0 Å². The number of aromatic nitrogens is 2. The number of aromatic amines is 1. The van der Waals surface area contributed by atoms with E-state index < -0.39 is 0 Å². The highest BCUT2D eigenvalue weighted by molar-refractivity contribution is 9.11. The van der Waals surface area contributed by atoms with Crippen molar-refractivity contribution in [2.75, 3.05) is 7.11 Å². The Hall–Kier alpha value is -1.08. The maximum Gasteiger partial charge on any atom is 0.155 e. The Kier molecular flexibility index (Phi) is 5.03. The highest BCUT2D eigenvalue weighted by atomic mass is 79.9. The second-order valence-corrected chi connectivity index (χ2v) is 7.61. The van der Waals surface area contributed by atoms with Gasteiger partial charge in [0.1, 0.15) is 0 Å². The summed E-state index contributed by atoms with van der Waals surface area (Å²) in [7, 11) is 1.67. The van der Waals surface area contributed by atoms with Gasteiger partial charge in [0.25, 0.3) is 0 Å². The molecular weight excluding hydrogens is 386 g/mol. The molecule has 3 rings (SSSR count). The number of nitrogens with zero attached hydrogens (tertiary/aromatic N) is 1. The zero-order valence-corrected chi connectivity index (χ0v) is 15.1. The predicted octanol–water partition coefficient (Wildman–Crippen LogP) is 4.11. The van der Waals surface area contributed by atoms with Gasteiger partial charge in [0.15, 0.2) is 6.23 Å². The standard InChI is InChI=1S/C15H15BrClN3OS/c1-21-15-12(6-9(16)8-18-15)13-7-10(19-20-13)2-3-11-4-5-14(17)22-11/h4-8,15,18H,2-3H2,1H3,(H,19,20). The van der Waals surface area contributed by atoms with Crippen LogP contribution >= 0.6 is 38.9 Å². The van der Waals surface area contributed by atoms with Crippen molar-refractivity contribution in [2.45, 2.75) is 19.1 Å². The van der Waals surface area contributed by atoms with Crippen LogP contribution in [0.2, 0.25) is 4.34 Å². The Bertz CT molecular complexity index is 722. The molecule has 0 aliphatic carbocycles. The molecule has 1 aliphatic heterocycles. The molecule has 0 aromatic carbocycles. The second kappa shape index (κ2) is 7.00. The van der Waals surface area contributed by atoms with E-state index in [9.17, 15) is 0 Å². The lowest BCUT2D eigenvalue weighted by Gasteiger charge is -2.21. The SMILES string of the molecule is COC1NC=C(Br)C=C1c1cc(CCc2ccc(Cl)s2)[nH]n1. The van der Waals surface area contributed by atoms with E-state index in [2.05, 4.69) is 43.6 Å². The van der Waals surface area contributed by atoms with Crippen molar-refractivity contribution in [3.05, 3.63) is 55.6 Å². The summed E-state index contributed by atoms with van der Waals surface area (Å²) in [5.41, 5.74) is 2.99. The number of ether oxygens (including phenoxy) is 1. The van der Waals surface area contributed by atoms with Crippen LogP contribution in [0.15, 0.2) is 35.0 Å². The van der Waals surface area contributed by atoms with Crippen molar-refractivity contribution in [3.8, 4) is 0 Å². The van der Waals surface area contributed by atoms with Crippen molar-refractivity contribution in [2.24, 2.45) is 0 Å². The summed E-state index contributed by atoms with van der Waals surface area (Å²) in [6.07, 6.45) is 5.55. The third kappa shape index (κ3) is 3.63. The number of halogens is 2. The molecule has 1 aliphatic rings. The highest BCUT2D eigenvalue weighted by Crippen LogP contribution is 2.26. The van der Waals surface area contributed by atoms with Gasteiger partial charge in [0, 0.05) is 33.9 Å². The number of nitrogens with one attached hydrogen (secondary N) is 2. The lowest BCUT2D eigenvalue weighted by atomic mass is 10.1. The van der Waals surface area contributed by atoms with Crippen LogP contribution in [0.4, 0.5) is 0 Å². The second-order valence-electron chi connectivity index (χ2n) is 4.90. The fraction of sp³-hybridized carbons (Fsp3) is 0.267. The number of rotatable bonds is 5. The van der Waals surface area contributed by atoms with Gasteiger partial charge in [-0.25, -0.2) is 0 Å². The third-order valence-electron chi connectivity index (χ3n) is 3.38. The number of hydrogen-bond donors (Lipinski definition) is 2. The van der Waals surface area contributed by atoms with Gasteiger partial charge in [-0.1, -0.05) is 11.6 Å². The number of H-pyrrole nitrogens is 1. The Morgan fingerprint density at radius 2 is 2.27 bits per heavy atom. The van der Waals surface area contributed by atoms with E-state index in [0.29, 0.717) is 0 Å². The molecule has 0 amide bonds. The Morgan fingerprint density at radius 3 is 3.00 bits per heavy atom. The molecule has 3 heterocycles. The van der Waals surface area contributed by atoms with E-state index in [0.717, 1.165) is 38.6 Å². The first-order valence-electron chi connectivity index (χ1n) is 6.80. The van der Waals surface area contributed by atoms with Crippen LogP contribution in [0, 0.1) is 0 Å². The molecule has 0 spiro atoms. The molecule has 1 atom stereocenters. The fourth-order valence-electron chi connectivity index (χ4n) is 2.30. The van der Waals surface area contributed by atoms with Crippen LogP contribution in [-0.4, -0.2) is 23.5 Å². The summed E-state index contributed by atoms with van der Waals surface area (Å²) >= 11 is 11.0. The van der Waals surface area contributed by atoms with E-state index in [4.69, 9.17) is 16.3 Å². The summed E-state index contributed by atoms with van der Waals surface area (Å²) in [5.74, 6) is 0. The highest BCUT2D eigenvalue weighted by Gasteiger charge is 2.20. The number of thiophene rings is 1. The number of dihydropyridines is 1. The molecule has 2 aromatic rings. The summed E-state index contributed by atoms with van der Waals surface area (Å²) in [6.45, 7) is 0. The molecule has 22 heavy (non-hydrogen) atoms. The summed E-state index contributed by atoms with van der Waals surface area (Å²) in [4.78, 5) is 1.28. The molecule has 0 saturated heterocycles. The first-order valence-corrected chi connectivity index (χ1v) is 8.79. The number of allylic oxidation sites excluding steroid dienone is 2. The quantitative estimate of drug-likeness (QED) is 0.794. The van der Waals surface area contributed by atoms with Crippen LogP contribution in [0.25, 0.3) is 5.57 Å². The number of methoxy groups -OCH3 is 1. The molecule has 0 fully saturated rings. The summed E-state index contributed by atoms with van der Waals surface area (Å²) in [5, 5.41) is 10.7. The average Bonchev–Trinajstić information content (AvgIpc) is 3.14. The van der Waals surface area contributed by atoms with Crippen LogP contribution in [0.5, 0.6) is 0 Å². The lowest BCUT2D eigenvalue weighted by molar-refractivity contribution is 0.131. The van der Waals surface area contributed by atoms with Gasteiger partial charge in [-0.15, -0.1) is 11.3 Å². The Labute approximate surface area is 146 Å². The largest absolute Gasteiger partial charge is 0.361 e. The van der Waals surface area contributed by atoms with E-state index in [1.54, 1.807) is 18.4 Å². The maximum absolute atomic E-state index is 5.95. The lowest BCUT2D eigenvalue weighted by Crippen LogP contribution is -2.30. The molecule has 1 unspecified atom stereocenters. The normalized spacial score (nSPS) is 17.9. The Morgan fingerprint density at radius 1 is 1.41 bits per heavy atom. The van der Waals surface area contributed by atoms with E-state index in [1.807, 2.05) is 18.3 Å². The van der Waals surface area contributed by atoms with Crippen molar-refractivity contribution in [1.29, 1.82) is 0 Å². The smallest absolute Gasteiger partial charge is 0.155 e. The van der Waals surface area contributed by atoms with E-state index >= 15 is 0 Å². The maximum atomic E-state index is 5.95. The molecule has 0 radical (unpaired) electrons. The molecule has 116 valence electrons. The minimum absolute atomic E-state index is 0.187. The van der Waals surface area contributed by atoms with Crippen molar-refractivity contribution >= 4 is 44.4 Å². The van der Waals surface area contributed by atoms with Gasteiger partial charge in [-0.2, -0.15) is 5.10 Å². The minimum atomic E-state index is -0.187. The zero-order chi connectivity index (χ0) is 15.5. The van der Waals surface area contributed by atoms with Gasteiger partial charge in [0.2, 0.25) is 0 Å². The zero-order valence-electron chi connectivity index (χ0n) is 11.9. The molecule has 2 aromatic heterocycles. The van der Waals surface area contributed by atoms with E-state index in [-0.39, 0.29) is 6.23 Å². The van der Waals surface area contributed by atoms with Gasteiger partial charge < -0.3 is 10.1 Å². The van der Waals surface area contributed by atoms with Crippen molar-refractivity contribution < 1.29 is 4.74 Å². The topological polar surface area (TPSA) is 49.9 Å². The molecule has 4 nitrogen and oxygen atoms in total. The van der Waals surface area contributed by atoms with Crippen molar-refractivity contribution in [3.63, 3.8) is 0 Å². The van der Waals surface area contributed by atoms with Gasteiger partial charge in [-0.3, -0.25) is 5.10 Å². The third-order valence-corrected chi connectivity index (χ3v) is 5.13. The Balaban J connectivity index is 1.71. The first-order chi connectivity index (χ1) is 10.7. The minimum Gasteiger partial charge on any atom is -0.361 e. The van der Waals surface area contributed by atoms with Crippen LogP contribution in [-0.2, 0) is 17.6 Å². The van der Waals surface area contributed by atoms with Crippen molar-refractivity contribution in [1.82, 2.24) is 15.5 Å². The molecule has 0 saturated carbocycles. The summed E-state index contributed by atoms with van der Waals surface area (Å²) in [6, 6.07) is 6.08. The van der Waals surface area contributed by atoms with Gasteiger partial charge >= 0.3 is 0 Å². The number of hydrogen-bond acceptors (Lipinski definition) is 4. The molecule has 2 N–H and O–H groups in total. The number of aryl methyl sites for hydroxylation is 2. The molecule has 0 bridgehead atoms. The van der Waals surface area contributed by atoms with E-state index in [1.165, 1.54) is 4.88 Å². The predicted molar refractivity (Wildman–Crippen MR) is 94.2 cm³/mol. The van der Waals surface area contributed by atoms with Gasteiger partial charge in [-0.05, 0) is 53.0 Å².